The van der Waals surface area contributed by atoms with Crippen molar-refractivity contribution in [3.63, 3.8) is 0 Å². The van der Waals surface area contributed by atoms with Gasteiger partial charge in [-0.05, 0) is 5.41 Å². The number of H-pyrrole nitrogens is 1. The molecule has 1 aliphatic heterocycles. The van der Waals surface area contributed by atoms with Gasteiger partial charge in [-0.25, -0.2) is 4.98 Å². The predicted molar refractivity (Wildman–Crippen MR) is 81.1 cm³/mol. The minimum absolute atomic E-state index is 0.0638. The summed E-state index contributed by atoms with van der Waals surface area (Å²) in [5, 5.41) is 21.9. The van der Waals surface area contributed by atoms with Gasteiger partial charge in [0.15, 0.2) is 17.4 Å². The fourth-order valence-electron chi connectivity index (χ4n) is 2.39. The van der Waals surface area contributed by atoms with E-state index < -0.39 is 30.1 Å². The normalized spacial score (nSPS) is 28.3. The first-order valence-corrected chi connectivity index (χ1v) is 7.54. The summed E-state index contributed by atoms with van der Waals surface area (Å²) in [5.41, 5.74) is 5.33. The van der Waals surface area contributed by atoms with Crippen LogP contribution >= 0.6 is 11.8 Å². The van der Waals surface area contributed by atoms with Crippen molar-refractivity contribution in [1.29, 1.82) is 0 Å². The first-order valence-electron chi connectivity index (χ1n) is 6.49. The summed E-state index contributed by atoms with van der Waals surface area (Å²) in [5.74, 6) is 0.382. The molecule has 1 saturated heterocycles. The van der Waals surface area contributed by atoms with E-state index in [1.165, 1.54) is 22.7 Å². The average Bonchev–Trinajstić information content (AvgIpc) is 3.00. The lowest BCUT2D eigenvalue weighted by Gasteiger charge is -2.16. The Morgan fingerprint density at radius 2 is 2.32 bits per heavy atom. The molecule has 4 atom stereocenters. The number of nitrogens with one attached hydrogen (secondary N) is 1. The van der Waals surface area contributed by atoms with Crippen LogP contribution in [0.25, 0.3) is 11.2 Å². The molecule has 1 aliphatic rings. The first-order chi connectivity index (χ1) is 10.5. The van der Waals surface area contributed by atoms with Crippen molar-refractivity contribution < 1.29 is 14.9 Å². The number of ether oxygens (including phenoxy) is 1. The summed E-state index contributed by atoms with van der Waals surface area (Å²) < 4.78 is 7.08. The summed E-state index contributed by atoms with van der Waals surface area (Å²) in [6, 6.07) is 0. The van der Waals surface area contributed by atoms with Gasteiger partial charge in [0, 0.05) is 5.75 Å². The lowest BCUT2D eigenvalue weighted by Crippen LogP contribution is -2.32. The molecule has 0 aromatic carbocycles. The molecule has 0 unspecified atom stereocenters. The molecule has 0 spiro atoms. The van der Waals surface area contributed by atoms with Gasteiger partial charge in [-0.1, -0.05) is 6.58 Å². The van der Waals surface area contributed by atoms with Crippen LogP contribution in [0.2, 0.25) is 0 Å². The standard InChI is InChI=1S/C12H15N5O4S/c1-2-22-3-5-7(18)8(19)11(21-5)17-4-14-6-9(17)15-12(13)16-10(6)20/h2,4-5,7-8,11,18-19H,1,3H2,(H3,13,15,16,20)/t5-,7-,8-,11-/m1/s1. The smallest absolute Gasteiger partial charge is 0.280 e. The van der Waals surface area contributed by atoms with Gasteiger partial charge in [0.1, 0.15) is 12.2 Å². The fourth-order valence-corrected chi connectivity index (χ4v) is 2.99. The molecule has 2 aromatic heterocycles. The molecule has 1 fully saturated rings. The molecule has 9 nitrogen and oxygen atoms in total. The highest BCUT2D eigenvalue weighted by atomic mass is 32.2. The van der Waals surface area contributed by atoms with E-state index in [2.05, 4.69) is 21.5 Å². The SMILES string of the molecule is C=CSC[C@H]1O[C@@H](n2cnc3c(=O)[nH]c(N)nc32)[C@H](O)[C@@H]1O. The van der Waals surface area contributed by atoms with Crippen LogP contribution in [0.5, 0.6) is 0 Å². The Bertz CT molecular complexity index is 760. The molecule has 2 aromatic rings. The van der Waals surface area contributed by atoms with Gasteiger partial charge in [0.25, 0.3) is 5.56 Å². The van der Waals surface area contributed by atoms with Crippen LogP contribution in [-0.2, 0) is 4.74 Å². The second kappa shape index (κ2) is 5.72. The maximum Gasteiger partial charge on any atom is 0.280 e. The van der Waals surface area contributed by atoms with Crippen molar-refractivity contribution in [2.45, 2.75) is 24.5 Å². The zero-order valence-electron chi connectivity index (χ0n) is 11.4. The summed E-state index contributed by atoms with van der Waals surface area (Å²) in [4.78, 5) is 22.1. The first kappa shape index (κ1) is 15.0. The molecule has 0 saturated carbocycles. The molecule has 3 rings (SSSR count). The number of thioether (sulfide) groups is 1. The number of aromatic amines is 1. The quantitative estimate of drug-likeness (QED) is 0.573. The van der Waals surface area contributed by atoms with Crippen LogP contribution in [0.4, 0.5) is 5.95 Å². The van der Waals surface area contributed by atoms with Crippen LogP contribution in [0.3, 0.4) is 0 Å². The monoisotopic (exact) mass is 325 g/mol. The molecule has 5 N–H and O–H groups in total. The van der Waals surface area contributed by atoms with E-state index in [9.17, 15) is 15.0 Å². The number of nitrogens with zero attached hydrogens (tertiary/aromatic N) is 3. The Balaban J connectivity index is 1.97. The van der Waals surface area contributed by atoms with E-state index in [-0.39, 0.29) is 17.1 Å². The highest BCUT2D eigenvalue weighted by Gasteiger charge is 2.44. The van der Waals surface area contributed by atoms with E-state index in [1.54, 1.807) is 5.41 Å². The number of anilines is 1. The fraction of sp³-hybridized carbons (Fsp3) is 0.417. The number of nitrogens with two attached hydrogens (primary N) is 1. The number of hydrogen-bond donors (Lipinski definition) is 4. The predicted octanol–water partition coefficient (Wildman–Crippen LogP) is -0.802. The zero-order valence-corrected chi connectivity index (χ0v) is 12.2. The van der Waals surface area contributed by atoms with Crippen molar-refractivity contribution in [3.05, 3.63) is 28.7 Å². The topological polar surface area (TPSA) is 139 Å². The van der Waals surface area contributed by atoms with Gasteiger partial charge in [-0.2, -0.15) is 4.98 Å². The third-order valence-corrected chi connectivity index (χ3v) is 4.20. The summed E-state index contributed by atoms with van der Waals surface area (Å²) in [7, 11) is 0. The third kappa shape index (κ3) is 2.39. The second-order valence-electron chi connectivity index (χ2n) is 4.82. The molecule has 3 heterocycles. The number of rotatable bonds is 4. The summed E-state index contributed by atoms with van der Waals surface area (Å²) in [6.07, 6.45) is -2.37. The number of aliphatic hydroxyl groups excluding tert-OH is 2. The summed E-state index contributed by atoms with van der Waals surface area (Å²) in [6.45, 7) is 3.58. The van der Waals surface area contributed by atoms with E-state index in [4.69, 9.17) is 10.5 Å². The van der Waals surface area contributed by atoms with Crippen LogP contribution in [0.15, 0.2) is 23.1 Å². The van der Waals surface area contributed by atoms with Gasteiger partial charge in [0.2, 0.25) is 5.95 Å². The Morgan fingerprint density at radius 1 is 1.55 bits per heavy atom. The van der Waals surface area contributed by atoms with Gasteiger partial charge in [0.05, 0.1) is 12.4 Å². The number of fused-ring (bicyclic) bond motifs is 1. The second-order valence-corrected chi connectivity index (χ2v) is 5.82. The minimum Gasteiger partial charge on any atom is -0.387 e. The largest absolute Gasteiger partial charge is 0.387 e. The number of aliphatic hydroxyl groups is 2. The van der Waals surface area contributed by atoms with E-state index in [1.807, 2.05) is 0 Å². The van der Waals surface area contributed by atoms with Gasteiger partial charge < -0.3 is 20.7 Å². The Hall–Kier alpha value is -1.88. The molecule has 0 amide bonds. The molecule has 0 aliphatic carbocycles. The van der Waals surface area contributed by atoms with Crippen molar-refractivity contribution >= 4 is 28.9 Å². The molecule has 118 valence electrons. The molecule has 0 bridgehead atoms. The average molecular weight is 325 g/mol. The number of aromatic nitrogens is 4. The van der Waals surface area contributed by atoms with Crippen molar-refractivity contribution in [3.8, 4) is 0 Å². The van der Waals surface area contributed by atoms with E-state index >= 15 is 0 Å². The van der Waals surface area contributed by atoms with E-state index in [0.29, 0.717) is 5.75 Å². The molecular weight excluding hydrogens is 310 g/mol. The summed E-state index contributed by atoms with van der Waals surface area (Å²) >= 11 is 1.37. The highest BCUT2D eigenvalue weighted by molar-refractivity contribution is 8.02. The number of imidazole rings is 1. The molecular formula is C12H15N5O4S. The zero-order chi connectivity index (χ0) is 15.9. The number of nitrogen functional groups attached to an aromatic ring is 1. The number of hydrogen-bond acceptors (Lipinski definition) is 8. The third-order valence-electron chi connectivity index (χ3n) is 3.44. The lowest BCUT2D eigenvalue weighted by atomic mass is 10.1. The molecule has 0 radical (unpaired) electrons. The molecule has 22 heavy (non-hydrogen) atoms. The Morgan fingerprint density at radius 3 is 3.05 bits per heavy atom. The van der Waals surface area contributed by atoms with Crippen LogP contribution in [0, 0.1) is 0 Å². The minimum atomic E-state index is -1.17. The molecule has 10 heteroatoms. The van der Waals surface area contributed by atoms with Crippen LogP contribution < -0.4 is 11.3 Å². The highest BCUT2D eigenvalue weighted by Crippen LogP contribution is 2.32. The lowest BCUT2D eigenvalue weighted by molar-refractivity contribution is -0.0288. The van der Waals surface area contributed by atoms with Crippen LogP contribution in [-0.4, -0.2) is 53.8 Å². The maximum atomic E-state index is 11.8. The van der Waals surface area contributed by atoms with Crippen molar-refractivity contribution in [2.24, 2.45) is 0 Å². The van der Waals surface area contributed by atoms with E-state index in [0.717, 1.165) is 0 Å². The van der Waals surface area contributed by atoms with Gasteiger partial charge in [-0.3, -0.25) is 14.3 Å². The van der Waals surface area contributed by atoms with Gasteiger partial charge in [-0.15, -0.1) is 11.8 Å². The maximum absolute atomic E-state index is 11.8. The van der Waals surface area contributed by atoms with Crippen molar-refractivity contribution in [1.82, 2.24) is 19.5 Å². The van der Waals surface area contributed by atoms with Crippen LogP contribution in [0.1, 0.15) is 6.23 Å². The van der Waals surface area contributed by atoms with Gasteiger partial charge >= 0.3 is 0 Å². The van der Waals surface area contributed by atoms with Crippen molar-refractivity contribution in [2.75, 3.05) is 11.5 Å². The Kier molecular flexibility index (Phi) is 3.91. The Labute approximate surface area is 128 Å².